The fourth-order valence-electron chi connectivity index (χ4n) is 6.32. The van der Waals surface area contributed by atoms with Gasteiger partial charge in [-0.1, -0.05) is 56.5 Å². The van der Waals surface area contributed by atoms with Crippen LogP contribution < -0.4 is 0 Å². The second-order valence-electron chi connectivity index (χ2n) is 10.9. The van der Waals surface area contributed by atoms with Crippen LogP contribution in [0.15, 0.2) is 60.1 Å². The molecule has 0 radical (unpaired) electrons. The van der Waals surface area contributed by atoms with E-state index < -0.39 is 11.9 Å². The van der Waals surface area contributed by atoms with Crippen molar-refractivity contribution in [1.82, 2.24) is 9.88 Å². The number of carboxylic acids is 2. The van der Waals surface area contributed by atoms with E-state index in [9.17, 15) is 5.11 Å². The molecule has 0 bridgehead atoms. The number of thiophene rings is 1. The predicted octanol–water partition coefficient (Wildman–Crippen LogP) is 6.22. The van der Waals surface area contributed by atoms with Gasteiger partial charge in [0.05, 0.1) is 6.10 Å². The zero-order valence-electron chi connectivity index (χ0n) is 23.2. The Kier molecular flexibility index (Phi) is 10.5. The molecular weight excluding hydrogens is 524 g/mol. The molecule has 2 atom stereocenters. The highest BCUT2D eigenvalue weighted by Crippen LogP contribution is 2.42. The zero-order valence-corrected chi connectivity index (χ0v) is 24.0. The lowest BCUT2D eigenvalue weighted by atomic mass is 9.66. The molecule has 8 heteroatoms. The Morgan fingerprint density at radius 3 is 2.48 bits per heavy atom. The average molecular weight is 565 g/mol. The molecule has 2 aromatic heterocycles. The molecule has 0 saturated heterocycles. The number of aromatic nitrogens is 1. The second kappa shape index (κ2) is 14.0. The van der Waals surface area contributed by atoms with Gasteiger partial charge in [0, 0.05) is 35.1 Å². The van der Waals surface area contributed by atoms with Crippen LogP contribution >= 0.6 is 11.3 Å². The Morgan fingerprint density at radius 1 is 1.07 bits per heavy atom. The van der Waals surface area contributed by atoms with E-state index >= 15 is 0 Å². The van der Waals surface area contributed by atoms with Crippen molar-refractivity contribution < 1.29 is 24.9 Å². The van der Waals surface area contributed by atoms with E-state index in [2.05, 4.69) is 59.7 Å². The van der Waals surface area contributed by atoms with Crippen molar-refractivity contribution in [3.05, 3.63) is 71.4 Å². The van der Waals surface area contributed by atoms with Crippen LogP contribution in [0.1, 0.15) is 69.5 Å². The highest BCUT2D eigenvalue weighted by Gasteiger charge is 2.43. The van der Waals surface area contributed by atoms with Gasteiger partial charge in [-0.25, -0.2) is 9.59 Å². The highest BCUT2D eigenvalue weighted by atomic mass is 32.1. The third-order valence-corrected chi connectivity index (χ3v) is 9.61. The number of carbonyl (C=O) groups is 2. The molecule has 2 unspecified atom stereocenters. The summed E-state index contributed by atoms with van der Waals surface area (Å²) < 4.78 is 1.41. The summed E-state index contributed by atoms with van der Waals surface area (Å²) in [5.41, 5.74) is 3.71. The average Bonchev–Trinajstić information content (AvgIpc) is 3.48. The SMILES string of the molecule is CCC(CCN1CC=C(c2cccc3ccsc23)CC1)(c1ccccn1)C(O)C1CCCCC1.O=C(O)C(=O)O. The summed E-state index contributed by atoms with van der Waals surface area (Å²) in [6.07, 6.45) is 13.1. The Bertz CT molecular complexity index is 1290. The zero-order chi connectivity index (χ0) is 28.5. The number of hydrogen-bond acceptors (Lipinski definition) is 6. The lowest BCUT2D eigenvalue weighted by Crippen LogP contribution is -2.47. The second-order valence-corrected chi connectivity index (χ2v) is 11.8. The Morgan fingerprint density at radius 2 is 1.85 bits per heavy atom. The summed E-state index contributed by atoms with van der Waals surface area (Å²) in [5.74, 6) is -3.25. The maximum absolute atomic E-state index is 11.8. The third-order valence-electron chi connectivity index (χ3n) is 8.64. The molecule has 3 heterocycles. The van der Waals surface area contributed by atoms with Gasteiger partial charge < -0.3 is 15.3 Å². The standard InChI is InChI=1S/C30H38N2OS.C2H2O4/c1-2-30(27-13-6-7-18-31-27,29(33)25-9-4-3-5-10-25)17-21-32-19-14-23(15-20-32)26-12-8-11-24-16-22-34-28(24)26;3-1(4)2(5)6/h6-8,11-14,16,18,22,25,29,33H,2-5,9-10,15,17,19-21H2,1H3;(H,3,4)(H,5,6). The van der Waals surface area contributed by atoms with E-state index in [0.717, 1.165) is 57.4 Å². The van der Waals surface area contributed by atoms with Crippen LogP contribution in [0.2, 0.25) is 0 Å². The van der Waals surface area contributed by atoms with Crippen molar-refractivity contribution in [1.29, 1.82) is 0 Å². The maximum atomic E-state index is 11.8. The number of nitrogens with zero attached hydrogens (tertiary/aromatic N) is 2. The van der Waals surface area contributed by atoms with Crippen LogP contribution in [0.4, 0.5) is 0 Å². The topological polar surface area (TPSA) is 111 Å². The number of aliphatic hydroxyl groups excluding tert-OH is 1. The molecule has 0 amide bonds. The first-order chi connectivity index (χ1) is 19.4. The van der Waals surface area contributed by atoms with Crippen molar-refractivity contribution in [3.8, 4) is 0 Å². The summed E-state index contributed by atoms with van der Waals surface area (Å²) >= 11 is 1.85. The first-order valence-electron chi connectivity index (χ1n) is 14.3. The minimum absolute atomic E-state index is 0.268. The maximum Gasteiger partial charge on any atom is 0.414 e. The molecular formula is C32H40N2O5S. The van der Waals surface area contributed by atoms with Crippen molar-refractivity contribution in [3.63, 3.8) is 0 Å². The molecule has 7 nitrogen and oxygen atoms in total. The number of fused-ring (bicyclic) bond motifs is 1. The minimum atomic E-state index is -1.82. The number of rotatable bonds is 8. The molecule has 2 aliphatic rings. The van der Waals surface area contributed by atoms with E-state index in [1.165, 1.54) is 40.5 Å². The quantitative estimate of drug-likeness (QED) is 0.279. The molecule has 1 aliphatic heterocycles. The van der Waals surface area contributed by atoms with E-state index in [-0.39, 0.29) is 11.5 Å². The predicted molar refractivity (Wildman–Crippen MR) is 160 cm³/mol. The van der Waals surface area contributed by atoms with Crippen molar-refractivity contribution in [2.75, 3.05) is 19.6 Å². The lowest BCUT2D eigenvalue weighted by molar-refractivity contribution is -0.159. The van der Waals surface area contributed by atoms with Gasteiger partial charge >= 0.3 is 11.9 Å². The Hall–Kier alpha value is -3.07. The molecule has 214 valence electrons. The van der Waals surface area contributed by atoms with Gasteiger partial charge in [-0.2, -0.15) is 0 Å². The highest BCUT2D eigenvalue weighted by molar-refractivity contribution is 7.17. The summed E-state index contributed by atoms with van der Waals surface area (Å²) in [6.45, 7) is 5.31. The number of benzene rings is 1. The lowest BCUT2D eigenvalue weighted by Gasteiger charge is -2.43. The smallest absolute Gasteiger partial charge is 0.414 e. The first-order valence-corrected chi connectivity index (χ1v) is 15.2. The van der Waals surface area contributed by atoms with Crippen LogP contribution in [0, 0.1) is 5.92 Å². The molecule has 3 aromatic rings. The third kappa shape index (κ3) is 6.97. The van der Waals surface area contributed by atoms with Crippen LogP contribution in [-0.4, -0.2) is 62.9 Å². The Balaban J connectivity index is 0.000000557. The van der Waals surface area contributed by atoms with Crippen molar-refractivity contribution >= 4 is 38.9 Å². The number of aliphatic hydroxyl groups is 1. The number of carboxylic acid groups (broad SMARTS) is 2. The van der Waals surface area contributed by atoms with Crippen molar-refractivity contribution in [2.45, 2.75) is 69.8 Å². The van der Waals surface area contributed by atoms with Gasteiger partial charge in [-0.15, -0.1) is 11.3 Å². The van der Waals surface area contributed by atoms with Gasteiger partial charge in [0.15, 0.2) is 0 Å². The van der Waals surface area contributed by atoms with Crippen LogP contribution in [0.25, 0.3) is 15.7 Å². The van der Waals surface area contributed by atoms with E-state index in [1.54, 1.807) is 0 Å². The summed E-state index contributed by atoms with van der Waals surface area (Å²) in [7, 11) is 0. The van der Waals surface area contributed by atoms with Gasteiger partial charge in [0.1, 0.15) is 0 Å². The molecule has 5 rings (SSSR count). The number of hydrogen-bond donors (Lipinski definition) is 3. The fourth-order valence-corrected chi connectivity index (χ4v) is 7.26. The van der Waals surface area contributed by atoms with Crippen LogP contribution in [0.5, 0.6) is 0 Å². The van der Waals surface area contributed by atoms with Gasteiger partial charge in [0.25, 0.3) is 0 Å². The molecule has 40 heavy (non-hydrogen) atoms. The summed E-state index contributed by atoms with van der Waals surface area (Å²) in [6, 6.07) is 15.1. The fraction of sp³-hybridized carbons (Fsp3) is 0.469. The van der Waals surface area contributed by atoms with Crippen LogP contribution in [-0.2, 0) is 15.0 Å². The molecule has 1 fully saturated rings. The van der Waals surface area contributed by atoms with Crippen LogP contribution in [0.3, 0.4) is 0 Å². The van der Waals surface area contributed by atoms with Gasteiger partial charge in [-0.3, -0.25) is 9.88 Å². The van der Waals surface area contributed by atoms with E-state index in [1.807, 2.05) is 23.6 Å². The first kappa shape index (κ1) is 29.9. The number of aliphatic carboxylic acids is 2. The van der Waals surface area contributed by atoms with Gasteiger partial charge in [-0.05, 0) is 84.7 Å². The van der Waals surface area contributed by atoms with Crippen molar-refractivity contribution in [2.24, 2.45) is 5.92 Å². The Labute approximate surface area is 240 Å². The monoisotopic (exact) mass is 564 g/mol. The minimum Gasteiger partial charge on any atom is -0.473 e. The largest absolute Gasteiger partial charge is 0.473 e. The summed E-state index contributed by atoms with van der Waals surface area (Å²) in [4.78, 5) is 25.6. The molecule has 1 aliphatic carbocycles. The summed E-state index contributed by atoms with van der Waals surface area (Å²) in [5, 5.41) is 30.1. The van der Waals surface area contributed by atoms with Gasteiger partial charge in [0.2, 0.25) is 0 Å². The molecule has 0 spiro atoms. The normalized spacial score (nSPS) is 18.7. The molecule has 3 N–H and O–H groups in total. The van der Waals surface area contributed by atoms with E-state index in [4.69, 9.17) is 24.8 Å². The van der Waals surface area contributed by atoms with E-state index in [0.29, 0.717) is 5.92 Å². The molecule has 1 aromatic carbocycles. The number of pyridine rings is 1. The molecule has 1 saturated carbocycles.